The molecule has 0 saturated carbocycles. The molecule has 1 fully saturated rings. The Morgan fingerprint density at radius 3 is 2.59 bits per heavy atom. The van der Waals surface area contributed by atoms with Gasteiger partial charge in [0.15, 0.2) is 11.5 Å². The van der Waals surface area contributed by atoms with Crippen LogP contribution in [0, 0.1) is 0 Å². The molecule has 0 spiro atoms. The number of carbonyl (C=O) groups is 2. The molecule has 4 aromatic rings. The Morgan fingerprint density at radius 1 is 1.05 bits per heavy atom. The summed E-state index contributed by atoms with van der Waals surface area (Å²) in [5.41, 5.74) is 9.63. The summed E-state index contributed by atoms with van der Waals surface area (Å²) in [5.74, 6) is 0.196. The maximum atomic E-state index is 13.2. The van der Waals surface area contributed by atoms with Gasteiger partial charge in [-0.05, 0) is 42.8 Å². The van der Waals surface area contributed by atoms with Crippen molar-refractivity contribution in [3.8, 4) is 17.0 Å². The molecule has 44 heavy (non-hydrogen) atoms. The summed E-state index contributed by atoms with van der Waals surface area (Å²) in [6, 6.07) is 18.5. The summed E-state index contributed by atoms with van der Waals surface area (Å²) in [6.45, 7) is 5.15. The van der Waals surface area contributed by atoms with Crippen molar-refractivity contribution in [2.45, 2.75) is 26.0 Å². The standard InChI is InChI=1S/C32H35N7O5/c1-22(36-32(41)44-21-23-5-3-2-4-6-23)12-16-43-25-9-7-24(8-10-25)26-20-35-30(33)29(37-26)31(40)38-27-19-34-13-11-28(27)39-14-17-42-18-15-39/h2-11,13,19-20,22H,12,14-18,21H2,1H3,(H2,33,35)(H,36,41)(H,38,40)/t22-/m0/s1. The van der Waals surface area contributed by atoms with Crippen molar-refractivity contribution in [2.24, 2.45) is 0 Å². The average Bonchev–Trinajstić information content (AvgIpc) is 3.05. The molecule has 1 aliphatic rings. The van der Waals surface area contributed by atoms with E-state index >= 15 is 0 Å². The van der Waals surface area contributed by atoms with Crippen LogP contribution >= 0.6 is 0 Å². The van der Waals surface area contributed by atoms with E-state index in [2.05, 4.69) is 30.5 Å². The number of amides is 2. The van der Waals surface area contributed by atoms with Gasteiger partial charge in [0.05, 0.1) is 49.3 Å². The Labute approximate surface area is 255 Å². The third-order valence-corrected chi connectivity index (χ3v) is 6.96. The number of pyridine rings is 1. The molecule has 5 rings (SSSR count). The highest BCUT2D eigenvalue weighted by molar-refractivity contribution is 6.07. The number of nitrogens with two attached hydrogens (primary N) is 1. The van der Waals surface area contributed by atoms with Crippen molar-refractivity contribution in [1.82, 2.24) is 20.3 Å². The van der Waals surface area contributed by atoms with E-state index in [1.807, 2.05) is 67.6 Å². The highest BCUT2D eigenvalue weighted by atomic mass is 16.5. The van der Waals surface area contributed by atoms with Crippen LogP contribution in [-0.4, -0.2) is 65.9 Å². The number of morpholine rings is 1. The molecule has 12 nitrogen and oxygen atoms in total. The summed E-state index contributed by atoms with van der Waals surface area (Å²) in [7, 11) is 0. The number of hydrogen-bond acceptors (Lipinski definition) is 10. The third kappa shape index (κ3) is 8.19. The van der Waals surface area contributed by atoms with E-state index in [-0.39, 0.29) is 24.2 Å². The first-order valence-corrected chi connectivity index (χ1v) is 14.4. The van der Waals surface area contributed by atoms with Crippen molar-refractivity contribution in [2.75, 3.05) is 48.9 Å². The Balaban J connectivity index is 1.13. The average molecular weight is 598 g/mol. The van der Waals surface area contributed by atoms with Crippen LogP contribution in [0.3, 0.4) is 0 Å². The summed E-state index contributed by atoms with van der Waals surface area (Å²) in [5, 5.41) is 5.70. The van der Waals surface area contributed by atoms with E-state index in [9.17, 15) is 9.59 Å². The van der Waals surface area contributed by atoms with Gasteiger partial charge in [-0.3, -0.25) is 9.78 Å². The van der Waals surface area contributed by atoms with E-state index in [1.165, 1.54) is 6.20 Å². The van der Waals surface area contributed by atoms with Crippen LogP contribution in [0.1, 0.15) is 29.4 Å². The summed E-state index contributed by atoms with van der Waals surface area (Å²) in [4.78, 5) is 40.3. The molecule has 1 aliphatic heterocycles. The number of nitrogen functional groups attached to an aromatic ring is 1. The van der Waals surface area contributed by atoms with Crippen molar-refractivity contribution < 1.29 is 23.8 Å². The van der Waals surface area contributed by atoms with Crippen LogP contribution < -0.4 is 26.0 Å². The van der Waals surface area contributed by atoms with Crippen molar-refractivity contribution in [3.63, 3.8) is 0 Å². The zero-order valence-electron chi connectivity index (χ0n) is 24.4. The molecule has 1 saturated heterocycles. The Kier molecular flexibility index (Phi) is 10.2. The van der Waals surface area contributed by atoms with E-state index in [0.29, 0.717) is 56.5 Å². The fraction of sp³-hybridized carbons (Fsp3) is 0.281. The molecule has 4 N–H and O–H groups in total. The van der Waals surface area contributed by atoms with E-state index in [4.69, 9.17) is 19.9 Å². The third-order valence-electron chi connectivity index (χ3n) is 6.96. The van der Waals surface area contributed by atoms with Gasteiger partial charge < -0.3 is 35.5 Å². The molecule has 0 aliphatic carbocycles. The van der Waals surface area contributed by atoms with Crippen LogP contribution in [-0.2, 0) is 16.1 Å². The van der Waals surface area contributed by atoms with Crippen LogP contribution in [0.4, 0.5) is 22.0 Å². The highest BCUT2D eigenvalue weighted by Gasteiger charge is 2.20. The van der Waals surface area contributed by atoms with Gasteiger partial charge in [-0.2, -0.15) is 0 Å². The molecule has 3 heterocycles. The number of benzene rings is 2. The molecule has 12 heteroatoms. The van der Waals surface area contributed by atoms with Crippen LogP contribution in [0.2, 0.25) is 0 Å². The lowest BCUT2D eigenvalue weighted by Gasteiger charge is -2.30. The Morgan fingerprint density at radius 2 is 1.82 bits per heavy atom. The second-order valence-corrected chi connectivity index (χ2v) is 10.2. The zero-order valence-corrected chi connectivity index (χ0v) is 24.4. The molecule has 0 bridgehead atoms. The molecule has 2 aromatic carbocycles. The number of rotatable bonds is 11. The van der Waals surface area contributed by atoms with Gasteiger partial charge in [-0.1, -0.05) is 30.3 Å². The molecule has 2 amide bonds. The normalized spacial score (nSPS) is 13.5. The maximum Gasteiger partial charge on any atom is 0.407 e. The first kappa shape index (κ1) is 30.2. The van der Waals surface area contributed by atoms with Gasteiger partial charge in [-0.25, -0.2) is 14.8 Å². The van der Waals surface area contributed by atoms with Crippen molar-refractivity contribution in [3.05, 3.63) is 90.5 Å². The molecular formula is C32H35N7O5. The number of alkyl carbamates (subject to hydrolysis) is 1. The van der Waals surface area contributed by atoms with Gasteiger partial charge in [0, 0.05) is 37.3 Å². The predicted octanol–water partition coefficient (Wildman–Crippen LogP) is 4.29. The lowest BCUT2D eigenvalue weighted by atomic mass is 10.1. The zero-order chi connectivity index (χ0) is 30.7. The lowest BCUT2D eigenvalue weighted by Crippen LogP contribution is -2.36. The molecular weight excluding hydrogens is 562 g/mol. The van der Waals surface area contributed by atoms with Gasteiger partial charge in [0.1, 0.15) is 12.4 Å². The maximum absolute atomic E-state index is 13.2. The smallest absolute Gasteiger partial charge is 0.407 e. The molecule has 2 aromatic heterocycles. The monoisotopic (exact) mass is 597 g/mol. The molecule has 0 radical (unpaired) electrons. The van der Waals surface area contributed by atoms with E-state index in [0.717, 1.165) is 16.8 Å². The lowest BCUT2D eigenvalue weighted by molar-refractivity contribution is 0.102. The van der Waals surface area contributed by atoms with E-state index < -0.39 is 12.0 Å². The predicted molar refractivity (Wildman–Crippen MR) is 166 cm³/mol. The van der Waals surface area contributed by atoms with Crippen molar-refractivity contribution in [1.29, 1.82) is 0 Å². The number of nitrogens with one attached hydrogen (secondary N) is 2. The van der Waals surface area contributed by atoms with E-state index in [1.54, 1.807) is 12.4 Å². The van der Waals surface area contributed by atoms with Crippen LogP contribution in [0.15, 0.2) is 79.3 Å². The van der Waals surface area contributed by atoms with Gasteiger partial charge in [-0.15, -0.1) is 0 Å². The molecule has 228 valence electrons. The van der Waals surface area contributed by atoms with Gasteiger partial charge in [0.25, 0.3) is 5.91 Å². The largest absolute Gasteiger partial charge is 0.494 e. The molecule has 1 atom stereocenters. The Bertz CT molecular complexity index is 1550. The molecule has 0 unspecified atom stereocenters. The number of hydrogen-bond donors (Lipinski definition) is 3. The topological polar surface area (TPSA) is 154 Å². The second-order valence-electron chi connectivity index (χ2n) is 10.2. The van der Waals surface area contributed by atoms with Gasteiger partial charge in [0.2, 0.25) is 0 Å². The quantitative estimate of drug-likeness (QED) is 0.228. The SMILES string of the molecule is C[C@@H](CCOc1ccc(-c2cnc(N)c(C(=O)Nc3cnccc3N3CCOCC3)n2)cc1)NC(=O)OCc1ccccc1. The number of ether oxygens (including phenoxy) is 3. The number of aromatic nitrogens is 3. The number of nitrogens with zero attached hydrogens (tertiary/aromatic N) is 4. The summed E-state index contributed by atoms with van der Waals surface area (Å²) in [6.07, 6.45) is 4.93. The first-order chi connectivity index (χ1) is 21.5. The van der Waals surface area contributed by atoms with Gasteiger partial charge >= 0.3 is 6.09 Å². The summed E-state index contributed by atoms with van der Waals surface area (Å²) < 4.78 is 16.6. The van der Waals surface area contributed by atoms with Crippen molar-refractivity contribution >= 4 is 29.2 Å². The second kappa shape index (κ2) is 14.8. The minimum absolute atomic E-state index is 0.0170. The minimum atomic E-state index is -0.481. The van der Waals surface area contributed by atoms with Crippen LogP contribution in [0.5, 0.6) is 5.75 Å². The Hall–Kier alpha value is -5.23. The van der Waals surface area contributed by atoms with Crippen LogP contribution in [0.25, 0.3) is 11.3 Å². The minimum Gasteiger partial charge on any atom is -0.494 e. The fourth-order valence-electron chi connectivity index (χ4n) is 4.56. The highest BCUT2D eigenvalue weighted by Crippen LogP contribution is 2.27. The summed E-state index contributed by atoms with van der Waals surface area (Å²) >= 11 is 0. The number of carbonyl (C=O) groups excluding carboxylic acids is 2. The number of anilines is 3. The fourth-order valence-corrected chi connectivity index (χ4v) is 4.56. The first-order valence-electron chi connectivity index (χ1n) is 14.4.